The van der Waals surface area contributed by atoms with E-state index in [1.54, 1.807) is 0 Å². The Morgan fingerprint density at radius 1 is 0.269 bits per heavy atom. The molecule has 0 saturated heterocycles. The van der Waals surface area contributed by atoms with E-state index in [-0.39, 0.29) is 31.1 Å². The van der Waals surface area contributed by atoms with Crippen LogP contribution in [-0.2, 0) is 28.6 Å². The Morgan fingerprint density at radius 2 is 0.500 bits per heavy atom. The molecule has 0 aromatic carbocycles. The highest BCUT2D eigenvalue weighted by Crippen LogP contribution is 2.14. The SMILES string of the molecule is CC/C=C\C/C=C\C/C=C\C/C=C\C/C=C\C/C=C\C/C=C\C/C=C\CCCCC(=O)OCC(COC(=O)CCCCCCCCCC)OC(=O)CCCCCCCCCCC/C=C\C/C=C\C/C=C\C/C=C\C/C=C\CC. The van der Waals surface area contributed by atoms with E-state index in [1.165, 1.54) is 70.6 Å². The molecule has 0 spiro atoms. The summed E-state index contributed by atoms with van der Waals surface area (Å²) in [7, 11) is 0. The van der Waals surface area contributed by atoms with Crippen LogP contribution in [0.15, 0.2) is 158 Å². The third-order valence-corrected chi connectivity index (χ3v) is 12.8. The fourth-order valence-corrected chi connectivity index (χ4v) is 8.13. The number of allylic oxidation sites excluding steroid dienone is 26. The predicted molar refractivity (Wildman–Crippen MR) is 338 cm³/mol. The Balaban J connectivity index is 4.33. The highest BCUT2D eigenvalue weighted by molar-refractivity contribution is 5.71. The number of hydrogen-bond donors (Lipinski definition) is 0. The van der Waals surface area contributed by atoms with Gasteiger partial charge < -0.3 is 14.2 Å². The Bertz CT molecular complexity index is 1760. The van der Waals surface area contributed by atoms with Gasteiger partial charge in [0, 0.05) is 19.3 Å². The molecule has 0 radical (unpaired) electrons. The Hall–Kier alpha value is -4.97. The quantitative estimate of drug-likeness (QED) is 0.0261. The van der Waals surface area contributed by atoms with Crippen LogP contribution in [-0.4, -0.2) is 37.2 Å². The normalized spacial score (nSPS) is 13.2. The Labute approximate surface area is 480 Å². The van der Waals surface area contributed by atoms with Gasteiger partial charge in [0.05, 0.1) is 0 Å². The van der Waals surface area contributed by atoms with E-state index in [2.05, 4.69) is 179 Å². The molecule has 6 heteroatoms. The summed E-state index contributed by atoms with van der Waals surface area (Å²) in [6.07, 6.45) is 94.0. The van der Waals surface area contributed by atoms with Gasteiger partial charge in [-0.05, 0) is 128 Å². The number of hydrogen-bond acceptors (Lipinski definition) is 6. The number of unbranched alkanes of at least 4 members (excludes halogenated alkanes) is 18. The van der Waals surface area contributed by atoms with E-state index in [0.717, 1.165) is 141 Å². The number of rotatable bonds is 55. The second-order valence-corrected chi connectivity index (χ2v) is 20.2. The van der Waals surface area contributed by atoms with Gasteiger partial charge in [-0.1, -0.05) is 269 Å². The summed E-state index contributed by atoms with van der Waals surface area (Å²) >= 11 is 0. The average molecular weight is 1080 g/mol. The zero-order valence-corrected chi connectivity index (χ0v) is 50.1. The Kier molecular flexibility index (Phi) is 60.4. The van der Waals surface area contributed by atoms with E-state index in [9.17, 15) is 14.4 Å². The summed E-state index contributed by atoms with van der Waals surface area (Å²) in [6, 6.07) is 0. The Morgan fingerprint density at radius 3 is 0.808 bits per heavy atom. The molecule has 0 amide bonds. The van der Waals surface area contributed by atoms with Gasteiger partial charge in [-0.25, -0.2) is 0 Å². The molecule has 0 N–H and O–H groups in total. The van der Waals surface area contributed by atoms with Crippen molar-refractivity contribution >= 4 is 17.9 Å². The van der Waals surface area contributed by atoms with Crippen LogP contribution >= 0.6 is 0 Å². The molecule has 0 fully saturated rings. The van der Waals surface area contributed by atoms with Gasteiger partial charge in [-0.15, -0.1) is 0 Å². The molecular weight excluding hydrogens is 961 g/mol. The molecule has 438 valence electrons. The number of carbonyl (C=O) groups excluding carboxylic acids is 3. The van der Waals surface area contributed by atoms with Crippen molar-refractivity contribution in [3.63, 3.8) is 0 Å². The number of ether oxygens (including phenoxy) is 3. The molecule has 0 aliphatic heterocycles. The maximum atomic E-state index is 12.9. The van der Waals surface area contributed by atoms with Crippen LogP contribution in [0.1, 0.15) is 258 Å². The maximum Gasteiger partial charge on any atom is 0.306 e. The van der Waals surface area contributed by atoms with Gasteiger partial charge in [0.2, 0.25) is 0 Å². The van der Waals surface area contributed by atoms with Crippen molar-refractivity contribution in [2.45, 2.75) is 264 Å². The molecule has 6 nitrogen and oxygen atoms in total. The maximum absolute atomic E-state index is 12.9. The van der Waals surface area contributed by atoms with Crippen molar-refractivity contribution in [2.24, 2.45) is 0 Å². The predicted octanol–water partition coefficient (Wildman–Crippen LogP) is 21.7. The largest absolute Gasteiger partial charge is 0.462 e. The first kappa shape index (κ1) is 73.0. The zero-order valence-electron chi connectivity index (χ0n) is 50.1. The minimum absolute atomic E-state index is 0.0994. The van der Waals surface area contributed by atoms with Crippen molar-refractivity contribution in [3.8, 4) is 0 Å². The second-order valence-electron chi connectivity index (χ2n) is 20.2. The highest BCUT2D eigenvalue weighted by Gasteiger charge is 2.19. The summed E-state index contributed by atoms with van der Waals surface area (Å²) in [5, 5.41) is 0. The monoisotopic (exact) mass is 1070 g/mol. The zero-order chi connectivity index (χ0) is 56.4. The van der Waals surface area contributed by atoms with Crippen molar-refractivity contribution in [2.75, 3.05) is 13.2 Å². The second kappa shape index (κ2) is 64.6. The van der Waals surface area contributed by atoms with E-state index in [1.807, 2.05) is 0 Å². The molecule has 1 unspecified atom stereocenters. The van der Waals surface area contributed by atoms with E-state index in [4.69, 9.17) is 14.2 Å². The lowest BCUT2D eigenvalue weighted by Gasteiger charge is -2.18. The molecule has 0 aliphatic carbocycles. The standard InChI is InChI=1S/C72H114O6/c1-4-7-10-13-16-19-21-23-25-27-29-31-33-35-36-38-39-41-43-45-47-49-51-53-56-59-62-65-71(74)77-68-69(67-76-70(73)64-61-58-55-18-15-12-9-6-3)78-72(75)66-63-60-57-54-52-50-48-46-44-42-40-37-34-32-30-28-26-24-22-20-17-14-11-8-5-2/h7-8,10-11,16-17,19-20,23-26,29-32,35-37,39-41,45,47,51,53,69H,4-6,9,12-15,18,21-22,27-28,33-34,38,42-44,46,48-50,52,54-68H2,1-3H3/b10-7-,11-8-,19-16-,20-17-,25-23-,26-24-,31-29-,32-30-,36-35-,40-37-,41-39-,47-45-,53-51-. The van der Waals surface area contributed by atoms with Crippen molar-refractivity contribution in [1.29, 1.82) is 0 Å². The third kappa shape index (κ3) is 61.9. The first-order valence-electron chi connectivity index (χ1n) is 31.5. The topological polar surface area (TPSA) is 78.9 Å². The number of carbonyl (C=O) groups is 3. The summed E-state index contributed by atoms with van der Waals surface area (Å²) < 4.78 is 16.8. The van der Waals surface area contributed by atoms with Gasteiger partial charge >= 0.3 is 17.9 Å². The molecule has 78 heavy (non-hydrogen) atoms. The summed E-state index contributed by atoms with van der Waals surface area (Å²) in [5.41, 5.74) is 0. The average Bonchev–Trinajstić information content (AvgIpc) is 3.44. The van der Waals surface area contributed by atoms with Gasteiger partial charge in [-0.3, -0.25) is 14.4 Å². The van der Waals surface area contributed by atoms with Crippen LogP contribution in [0.5, 0.6) is 0 Å². The van der Waals surface area contributed by atoms with Crippen LogP contribution in [0, 0.1) is 0 Å². The van der Waals surface area contributed by atoms with Gasteiger partial charge in [-0.2, -0.15) is 0 Å². The van der Waals surface area contributed by atoms with Crippen LogP contribution in [0.3, 0.4) is 0 Å². The fraction of sp³-hybridized carbons (Fsp3) is 0.597. The molecular formula is C72H114O6. The van der Waals surface area contributed by atoms with Gasteiger partial charge in [0.15, 0.2) is 6.10 Å². The number of esters is 3. The van der Waals surface area contributed by atoms with Crippen LogP contribution in [0.25, 0.3) is 0 Å². The van der Waals surface area contributed by atoms with Gasteiger partial charge in [0.25, 0.3) is 0 Å². The van der Waals surface area contributed by atoms with Crippen LogP contribution < -0.4 is 0 Å². The highest BCUT2D eigenvalue weighted by atomic mass is 16.6. The van der Waals surface area contributed by atoms with Crippen LogP contribution in [0.4, 0.5) is 0 Å². The van der Waals surface area contributed by atoms with E-state index >= 15 is 0 Å². The first-order chi connectivity index (χ1) is 38.5. The lowest BCUT2D eigenvalue weighted by molar-refractivity contribution is -0.167. The molecule has 0 aromatic heterocycles. The summed E-state index contributed by atoms with van der Waals surface area (Å²) in [6.45, 7) is 6.33. The smallest absolute Gasteiger partial charge is 0.306 e. The van der Waals surface area contributed by atoms with E-state index < -0.39 is 6.10 Å². The molecule has 0 aromatic rings. The van der Waals surface area contributed by atoms with Crippen molar-refractivity contribution < 1.29 is 28.6 Å². The molecule has 1 atom stereocenters. The van der Waals surface area contributed by atoms with Crippen LogP contribution in [0.2, 0.25) is 0 Å². The molecule has 0 aliphatic rings. The molecule has 0 heterocycles. The lowest BCUT2D eigenvalue weighted by Crippen LogP contribution is -2.30. The molecule has 0 rings (SSSR count). The van der Waals surface area contributed by atoms with Gasteiger partial charge in [0.1, 0.15) is 13.2 Å². The third-order valence-electron chi connectivity index (χ3n) is 12.8. The molecule has 0 saturated carbocycles. The molecule has 0 bridgehead atoms. The summed E-state index contributed by atoms with van der Waals surface area (Å²) in [5.74, 6) is -0.960. The summed E-state index contributed by atoms with van der Waals surface area (Å²) in [4.78, 5) is 38.1. The minimum Gasteiger partial charge on any atom is -0.462 e. The lowest BCUT2D eigenvalue weighted by atomic mass is 10.1. The fourth-order valence-electron chi connectivity index (χ4n) is 8.13. The van der Waals surface area contributed by atoms with Crippen molar-refractivity contribution in [1.82, 2.24) is 0 Å². The van der Waals surface area contributed by atoms with Crippen molar-refractivity contribution in [3.05, 3.63) is 158 Å². The minimum atomic E-state index is -0.805. The first-order valence-corrected chi connectivity index (χ1v) is 31.5. The van der Waals surface area contributed by atoms with E-state index in [0.29, 0.717) is 25.7 Å².